The Morgan fingerprint density at radius 3 is 2.42 bits per heavy atom. The van der Waals surface area contributed by atoms with Gasteiger partial charge in [0.2, 0.25) is 10.0 Å². The summed E-state index contributed by atoms with van der Waals surface area (Å²) in [4.78, 5) is 21.6. The lowest BCUT2D eigenvalue weighted by atomic mass is 10.0. The lowest BCUT2D eigenvalue weighted by Crippen LogP contribution is -2.26. The van der Waals surface area contributed by atoms with Crippen molar-refractivity contribution < 1.29 is 32.6 Å². The standard InChI is InChI=1S/C22H23NO7S/c1-3-30-15-19(11-13-24)17-6-4-16(5-7-17)10-12-23-31(27,28)21-14-18(22(25)26)8-9-20(21)29-2/h4-9,11,14-15,23H,3,10,12H2,1-2H3,(H,25,26). The van der Waals surface area contributed by atoms with E-state index in [1.165, 1.54) is 31.6 Å². The third-order valence-electron chi connectivity index (χ3n) is 4.28. The van der Waals surface area contributed by atoms with Crippen LogP contribution in [0.15, 0.2) is 59.7 Å². The van der Waals surface area contributed by atoms with E-state index in [1.807, 2.05) is 19.1 Å². The van der Waals surface area contributed by atoms with Gasteiger partial charge in [-0.3, -0.25) is 0 Å². The molecule has 8 nitrogen and oxygen atoms in total. The number of benzene rings is 2. The van der Waals surface area contributed by atoms with Crippen LogP contribution in [0.4, 0.5) is 0 Å². The molecule has 0 aromatic heterocycles. The Bertz CT molecular complexity index is 1100. The van der Waals surface area contributed by atoms with E-state index in [-0.39, 0.29) is 22.8 Å². The summed E-state index contributed by atoms with van der Waals surface area (Å²) in [5.41, 5.74) is 2.05. The van der Waals surface area contributed by atoms with Gasteiger partial charge < -0.3 is 14.6 Å². The van der Waals surface area contributed by atoms with Gasteiger partial charge in [0.1, 0.15) is 16.6 Å². The number of allylic oxidation sites excluding steroid dienone is 2. The lowest BCUT2D eigenvalue weighted by molar-refractivity contribution is 0.0696. The van der Waals surface area contributed by atoms with Gasteiger partial charge in [-0.1, -0.05) is 24.3 Å². The predicted octanol–water partition coefficient (Wildman–Crippen LogP) is 2.68. The molecule has 0 fully saturated rings. The first-order valence-corrected chi connectivity index (χ1v) is 10.8. The number of hydrogen-bond donors (Lipinski definition) is 2. The Balaban J connectivity index is 2.10. The van der Waals surface area contributed by atoms with Crippen LogP contribution in [0, 0.1) is 0 Å². The number of nitrogens with one attached hydrogen (secondary N) is 1. The molecule has 0 bridgehead atoms. The zero-order valence-corrected chi connectivity index (χ0v) is 17.9. The van der Waals surface area contributed by atoms with Gasteiger partial charge in [0.05, 0.1) is 25.5 Å². The summed E-state index contributed by atoms with van der Waals surface area (Å²) in [6, 6.07) is 10.9. The van der Waals surface area contributed by atoms with Crippen LogP contribution in [0.25, 0.3) is 5.57 Å². The molecular weight excluding hydrogens is 422 g/mol. The van der Waals surface area contributed by atoms with Gasteiger partial charge in [0.15, 0.2) is 0 Å². The number of methoxy groups -OCH3 is 1. The second kappa shape index (κ2) is 11.1. The minimum Gasteiger partial charge on any atom is -0.501 e. The second-order valence-corrected chi connectivity index (χ2v) is 8.04. The van der Waals surface area contributed by atoms with Crippen molar-refractivity contribution in [2.75, 3.05) is 20.3 Å². The first kappa shape index (κ1) is 23.9. The molecule has 0 aliphatic rings. The van der Waals surface area contributed by atoms with Crippen LogP contribution in [-0.4, -0.2) is 45.7 Å². The maximum absolute atomic E-state index is 12.6. The molecule has 0 unspecified atom stereocenters. The number of rotatable bonds is 11. The van der Waals surface area contributed by atoms with Crippen molar-refractivity contribution >= 4 is 27.5 Å². The van der Waals surface area contributed by atoms with Crippen molar-refractivity contribution in [3.63, 3.8) is 0 Å². The molecule has 0 heterocycles. The van der Waals surface area contributed by atoms with Crippen molar-refractivity contribution in [1.82, 2.24) is 4.72 Å². The number of carboxylic acid groups (broad SMARTS) is 1. The molecule has 0 atom stereocenters. The van der Waals surface area contributed by atoms with Crippen LogP contribution in [0.3, 0.4) is 0 Å². The molecule has 0 amide bonds. The van der Waals surface area contributed by atoms with Crippen molar-refractivity contribution in [1.29, 1.82) is 0 Å². The molecule has 0 aliphatic carbocycles. The summed E-state index contributed by atoms with van der Waals surface area (Å²) < 4.78 is 38.0. The number of carbonyl (C=O) groups is 1. The van der Waals surface area contributed by atoms with Gasteiger partial charge in [-0.15, -0.1) is 0 Å². The summed E-state index contributed by atoms with van der Waals surface area (Å²) in [5, 5.41) is 9.11. The molecule has 0 spiro atoms. The molecule has 0 radical (unpaired) electrons. The van der Waals surface area contributed by atoms with E-state index in [2.05, 4.69) is 4.72 Å². The van der Waals surface area contributed by atoms with E-state index < -0.39 is 16.0 Å². The van der Waals surface area contributed by atoms with E-state index in [9.17, 15) is 18.0 Å². The zero-order valence-electron chi connectivity index (χ0n) is 17.1. The molecule has 2 N–H and O–H groups in total. The minimum absolute atomic E-state index is 0.0544. The fraction of sp³-hybridized carbons (Fsp3) is 0.227. The smallest absolute Gasteiger partial charge is 0.335 e. The van der Waals surface area contributed by atoms with E-state index in [0.717, 1.165) is 17.2 Å². The van der Waals surface area contributed by atoms with Crippen LogP contribution in [0.2, 0.25) is 0 Å². The Morgan fingerprint density at radius 2 is 1.84 bits per heavy atom. The molecule has 2 aromatic carbocycles. The van der Waals surface area contributed by atoms with Gasteiger partial charge in [-0.2, -0.15) is 0 Å². The van der Waals surface area contributed by atoms with Crippen molar-refractivity contribution in [2.45, 2.75) is 18.2 Å². The minimum atomic E-state index is -3.98. The Morgan fingerprint density at radius 1 is 1.16 bits per heavy atom. The van der Waals surface area contributed by atoms with Crippen LogP contribution in [-0.2, 0) is 26.0 Å². The highest BCUT2D eigenvalue weighted by Gasteiger charge is 2.21. The van der Waals surface area contributed by atoms with Gasteiger partial charge in [-0.05, 0) is 42.7 Å². The highest BCUT2D eigenvalue weighted by molar-refractivity contribution is 7.89. The van der Waals surface area contributed by atoms with Gasteiger partial charge in [0, 0.05) is 18.2 Å². The lowest BCUT2D eigenvalue weighted by Gasteiger charge is -2.12. The van der Waals surface area contributed by atoms with Gasteiger partial charge in [0.25, 0.3) is 0 Å². The fourth-order valence-electron chi connectivity index (χ4n) is 2.71. The fourth-order valence-corrected chi connectivity index (χ4v) is 3.94. The second-order valence-electron chi connectivity index (χ2n) is 6.31. The summed E-state index contributed by atoms with van der Waals surface area (Å²) in [7, 11) is -2.67. The number of aromatic carboxylic acids is 1. The van der Waals surface area contributed by atoms with Crippen LogP contribution in [0.1, 0.15) is 28.4 Å². The monoisotopic (exact) mass is 445 g/mol. The molecule has 2 rings (SSSR count). The Kier molecular flexibility index (Phi) is 8.57. The molecule has 2 aromatic rings. The first-order valence-electron chi connectivity index (χ1n) is 9.35. The quantitative estimate of drug-likeness (QED) is 0.310. The van der Waals surface area contributed by atoms with Crippen molar-refractivity contribution in [2.24, 2.45) is 0 Å². The average molecular weight is 445 g/mol. The Hall–Kier alpha value is -3.39. The summed E-state index contributed by atoms with van der Waals surface area (Å²) >= 11 is 0. The summed E-state index contributed by atoms with van der Waals surface area (Å²) in [6.07, 6.45) is 3.15. The zero-order chi connectivity index (χ0) is 22.9. The van der Waals surface area contributed by atoms with Crippen LogP contribution >= 0.6 is 0 Å². The molecule has 0 saturated heterocycles. The largest absolute Gasteiger partial charge is 0.501 e. The van der Waals surface area contributed by atoms with E-state index >= 15 is 0 Å². The SMILES string of the molecule is CCOC=C(C=C=O)c1ccc(CCNS(=O)(=O)c2cc(C(=O)O)ccc2OC)cc1. The topological polar surface area (TPSA) is 119 Å². The number of sulfonamides is 1. The average Bonchev–Trinajstić information content (AvgIpc) is 2.76. The maximum atomic E-state index is 12.6. The Labute approximate surface area is 180 Å². The number of ether oxygens (including phenoxy) is 2. The van der Waals surface area contributed by atoms with Crippen LogP contribution in [0.5, 0.6) is 5.75 Å². The van der Waals surface area contributed by atoms with Gasteiger partial charge in [-0.25, -0.2) is 22.7 Å². The van der Waals surface area contributed by atoms with Gasteiger partial charge >= 0.3 is 5.97 Å². The highest BCUT2D eigenvalue weighted by atomic mass is 32.2. The third kappa shape index (κ3) is 6.55. The molecule has 31 heavy (non-hydrogen) atoms. The molecule has 0 aliphatic heterocycles. The normalized spacial score (nSPS) is 11.5. The first-order chi connectivity index (χ1) is 14.8. The molecule has 9 heteroatoms. The van der Waals surface area contributed by atoms with Crippen molar-refractivity contribution in [3.8, 4) is 5.75 Å². The number of hydrogen-bond acceptors (Lipinski definition) is 6. The number of carboxylic acids is 1. The predicted molar refractivity (Wildman–Crippen MR) is 115 cm³/mol. The van der Waals surface area contributed by atoms with Crippen LogP contribution < -0.4 is 9.46 Å². The van der Waals surface area contributed by atoms with E-state index in [4.69, 9.17) is 14.6 Å². The van der Waals surface area contributed by atoms with E-state index in [0.29, 0.717) is 18.6 Å². The van der Waals surface area contributed by atoms with Crippen molar-refractivity contribution in [3.05, 3.63) is 71.5 Å². The highest BCUT2D eigenvalue weighted by Crippen LogP contribution is 2.25. The molecular formula is C22H23NO7S. The molecule has 164 valence electrons. The summed E-state index contributed by atoms with van der Waals surface area (Å²) in [6.45, 7) is 2.39. The maximum Gasteiger partial charge on any atom is 0.335 e. The summed E-state index contributed by atoms with van der Waals surface area (Å²) in [5.74, 6) is 0.549. The molecule has 0 saturated carbocycles. The van der Waals surface area contributed by atoms with E-state index in [1.54, 1.807) is 18.1 Å². The third-order valence-corrected chi connectivity index (χ3v) is 5.77. The number of carbonyl (C=O) groups excluding carboxylic acids is 1.